The quantitative estimate of drug-likeness (QED) is 0.668. The van der Waals surface area contributed by atoms with E-state index in [1.807, 2.05) is 20.8 Å². The molecule has 106 valence electrons. The first-order chi connectivity index (χ1) is 8.72. The van der Waals surface area contributed by atoms with Gasteiger partial charge >= 0.3 is 6.03 Å². The van der Waals surface area contributed by atoms with Crippen molar-refractivity contribution in [3.05, 3.63) is 0 Å². The number of urea groups is 1. The zero-order chi connectivity index (χ0) is 14.3. The van der Waals surface area contributed by atoms with Crippen molar-refractivity contribution in [3.8, 4) is 0 Å². The molecule has 2 rings (SSSR count). The van der Waals surface area contributed by atoms with Crippen LogP contribution < -0.4 is 10.6 Å². The molecule has 2 aliphatic heterocycles. The summed E-state index contributed by atoms with van der Waals surface area (Å²) in [6, 6.07) is -0.495. The van der Waals surface area contributed by atoms with E-state index in [4.69, 9.17) is 4.74 Å². The van der Waals surface area contributed by atoms with E-state index in [2.05, 4.69) is 10.6 Å². The molecule has 2 saturated heterocycles. The van der Waals surface area contributed by atoms with E-state index in [1.54, 1.807) is 4.90 Å². The standard InChI is InChI=1S/C12H19N3O4/c1-11(2,3)19-6-8(16)15-5-4-12(7-15)9(17)13-10(18)14-12/h4-7H2,1-3H3,(H2,13,14,17,18). The van der Waals surface area contributed by atoms with E-state index in [9.17, 15) is 14.4 Å². The lowest BCUT2D eigenvalue weighted by molar-refractivity contribution is -0.140. The Labute approximate surface area is 111 Å². The third-order valence-corrected chi connectivity index (χ3v) is 3.27. The zero-order valence-corrected chi connectivity index (χ0v) is 11.4. The summed E-state index contributed by atoms with van der Waals surface area (Å²) in [7, 11) is 0. The van der Waals surface area contributed by atoms with Gasteiger partial charge in [-0.15, -0.1) is 0 Å². The summed E-state index contributed by atoms with van der Waals surface area (Å²) in [5.74, 6) is -0.523. The van der Waals surface area contributed by atoms with Crippen molar-refractivity contribution < 1.29 is 19.1 Å². The monoisotopic (exact) mass is 269 g/mol. The second-order valence-electron chi connectivity index (χ2n) is 5.96. The van der Waals surface area contributed by atoms with Crippen LogP contribution in [0.15, 0.2) is 0 Å². The summed E-state index contributed by atoms with van der Waals surface area (Å²) in [6.45, 7) is 6.25. The van der Waals surface area contributed by atoms with Crippen molar-refractivity contribution in [3.63, 3.8) is 0 Å². The number of carbonyl (C=O) groups excluding carboxylic acids is 3. The van der Waals surface area contributed by atoms with E-state index in [0.29, 0.717) is 13.0 Å². The summed E-state index contributed by atoms with van der Waals surface area (Å²) in [5, 5.41) is 4.81. The number of rotatable bonds is 2. The molecule has 0 bridgehead atoms. The third-order valence-electron chi connectivity index (χ3n) is 3.27. The van der Waals surface area contributed by atoms with Crippen molar-refractivity contribution in [2.24, 2.45) is 0 Å². The van der Waals surface area contributed by atoms with Gasteiger partial charge in [0, 0.05) is 6.54 Å². The van der Waals surface area contributed by atoms with Gasteiger partial charge in [-0.25, -0.2) is 4.79 Å². The molecule has 2 fully saturated rings. The van der Waals surface area contributed by atoms with Gasteiger partial charge in [-0.2, -0.15) is 0 Å². The molecule has 0 radical (unpaired) electrons. The molecule has 0 aromatic rings. The number of ether oxygens (including phenoxy) is 1. The Hall–Kier alpha value is -1.63. The lowest BCUT2D eigenvalue weighted by Crippen LogP contribution is -2.50. The average Bonchev–Trinajstić information content (AvgIpc) is 2.81. The highest BCUT2D eigenvalue weighted by Crippen LogP contribution is 2.24. The van der Waals surface area contributed by atoms with Gasteiger partial charge in [-0.1, -0.05) is 0 Å². The van der Waals surface area contributed by atoms with Crippen LogP contribution in [0.25, 0.3) is 0 Å². The minimum atomic E-state index is -0.950. The van der Waals surface area contributed by atoms with Crippen LogP contribution in [0.2, 0.25) is 0 Å². The predicted molar refractivity (Wildman–Crippen MR) is 66.3 cm³/mol. The van der Waals surface area contributed by atoms with Crippen molar-refractivity contribution in [2.75, 3.05) is 19.7 Å². The second-order valence-corrected chi connectivity index (χ2v) is 5.96. The van der Waals surface area contributed by atoms with Crippen LogP contribution in [0.5, 0.6) is 0 Å². The number of hydrogen-bond acceptors (Lipinski definition) is 4. The largest absolute Gasteiger partial charge is 0.366 e. The molecular weight excluding hydrogens is 250 g/mol. The number of nitrogens with zero attached hydrogens (tertiary/aromatic N) is 1. The van der Waals surface area contributed by atoms with Crippen LogP contribution in [0, 0.1) is 0 Å². The van der Waals surface area contributed by atoms with Gasteiger partial charge in [0.25, 0.3) is 5.91 Å². The van der Waals surface area contributed by atoms with E-state index >= 15 is 0 Å². The minimum absolute atomic E-state index is 0.0187. The van der Waals surface area contributed by atoms with E-state index in [0.717, 1.165) is 0 Å². The molecule has 7 nitrogen and oxygen atoms in total. The molecule has 1 spiro atoms. The molecule has 4 amide bonds. The molecule has 0 aromatic carbocycles. The highest BCUT2D eigenvalue weighted by molar-refractivity contribution is 6.07. The van der Waals surface area contributed by atoms with Crippen LogP contribution in [0.4, 0.5) is 4.79 Å². The SMILES string of the molecule is CC(C)(C)OCC(=O)N1CCC2(C1)NC(=O)NC2=O. The van der Waals surface area contributed by atoms with E-state index < -0.39 is 11.6 Å². The van der Waals surface area contributed by atoms with Crippen LogP contribution in [-0.4, -0.2) is 53.6 Å². The molecular formula is C12H19N3O4. The molecule has 19 heavy (non-hydrogen) atoms. The molecule has 7 heteroatoms. The number of carbonyl (C=O) groups is 3. The van der Waals surface area contributed by atoms with Crippen LogP contribution >= 0.6 is 0 Å². The number of likely N-dealkylation sites (tertiary alicyclic amines) is 1. The van der Waals surface area contributed by atoms with Gasteiger partial charge in [0.05, 0.1) is 12.1 Å². The van der Waals surface area contributed by atoms with Gasteiger partial charge in [-0.3, -0.25) is 14.9 Å². The molecule has 0 aromatic heterocycles. The summed E-state index contributed by atoms with van der Waals surface area (Å²) in [4.78, 5) is 36.4. The summed E-state index contributed by atoms with van der Waals surface area (Å²) in [5.41, 5.74) is -1.33. The van der Waals surface area contributed by atoms with Crippen molar-refractivity contribution >= 4 is 17.8 Å². The van der Waals surface area contributed by atoms with Crippen LogP contribution in [0.3, 0.4) is 0 Å². The molecule has 0 aliphatic carbocycles. The fourth-order valence-corrected chi connectivity index (χ4v) is 2.21. The number of imide groups is 1. The fraction of sp³-hybridized carbons (Fsp3) is 0.750. The first-order valence-corrected chi connectivity index (χ1v) is 6.27. The second kappa shape index (κ2) is 4.48. The van der Waals surface area contributed by atoms with Crippen LogP contribution in [-0.2, 0) is 14.3 Å². The van der Waals surface area contributed by atoms with Gasteiger partial charge in [0.2, 0.25) is 5.91 Å². The van der Waals surface area contributed by atoms with Crippen molar-refractivity contribution in [1.82, 2.24) is 15.5 Å². The Bertz CT molecular complexity index is 429. The fourth-order valence-electron chi connectivity index (χ4n) is 2.21. The smallest absolute Gasteiger partial charge is 0.322 e. The molecule has 0 saturated carbocycles. The number of nitrogens with one attached hydrogen (secondary N) is 2. The predicted octanol–water partition coefficient (Wildman–Crippen LogP) is -0.388. The molecule has 2 heterocycles. The molecule has 2 N–H and O–H groups in total. The summed E-state index contributed by atoms with van der Waals surface area (Å²) < 4.78 is 5.42. The Morgan fingerprint density at radius 2 is 2.11 bits per heavy atom. The molecule has 2 aliphatic rings. The van der Waals surface area contributed by atoms with Crippen LogP contribution in [0.1, 0.15) is 27.2 Å². The zero-order valence-electron chi connectivity index (χ0n) is 11.4. The van der Waals surface area contributed by atoms with E-state index in [-0.39, 0.29) is 30.6 Å². The Morgan fingerprint density at radius 1 is 1.42 bits per heavy atom. The lowest BCUT2D eigenvalue weighted by atomic mass is 10.00. The Kier molecular flexibility index (Phi) is 3.25. The number of hydrogen-bond donors (Lipinski definition) is 2. The first kappa shape index (κ1) is 13.8. The minimum Gasteiger partial charge on any atom is -0.366 e. The van der Waals surface area contributed by atoms with Crippen molar-refractivity contribution in [2.45, 2.75) is 38.3 Å². The van der Waals surface area contributed by atoms with E-state index in [1.165, 1.54) is 0 Å². The Morgan fingerprint density at radius 3 is 2.63 bits per heavy atom. The molecule has 1 atom stereocenters. The van der Waals surface area contributed by atoms with Gasteiger partial charge < -0.3 is 15.0 Å². The summed E-state index contributed by atoms with van der Waals surface area (Å²) >= 11 is 0. The maximum Gasteiger partial charge on any atom is 0.322 e. The number of amides is 4. The maximum absolute atomic E-state index is 12.0. The topological polar surface area (TPSA) is 87.7 Å². The maximum atomic E-state index is 12.0. The molecule has 1 unspecified atom stereocenters. The van der Waals surface area contributed by atoms with Gasteiger partial charge in [0.15, 0.2) is 0 Å². The van der Waals surface area contributed by atoms with Crippen molar-refractivity contribution in [1.29, 1.82) is 0 Å². The summed E-state index contributed by atoms with van der Waals surface area (Å²) in [6.07, 6.45) is 0.436. The first-order valence-electron chi connectivity index (χ1n) is 6.27. The lowest BCUT2D eigenvalue weighted by Gasteiger charge is -2.23. The van der Waals surface area contributed by atoms with Gasteiger partial charge in [0.1, 0.15) is 12.1 Å². The highest BCUT2D eigenvalue weighted by atomic mass is 16.5. The highest BCUT2D eigenvalue weighted by Gasteiger charge is 2.51. The average molecular weight is 269 g/mol. The Balaban J connectivity index is 1.93. The third kappa shape index (κ3) is 2.86. The van der Waals surface area contributed by atoms with Gasteiger partial charge in [-0.05, 0) is 27.2 Å². The normalized spacial score (nSPS) is 26.8.